The standard InChI is InChI=1S/C10H11F5N2O2/c1-2-19-8(18)5-7(10(13,14)15)17-4-3-6(16-17)9(11)12/h3-4,7,9H,2,5H2,1H3. The van der Waals surface area contributed by atoms with E-state index in [0.717, 1.165) is 12.3 Å². The Morgan fingerprint density at radius 2 is 2.11 bits per heavy atom. The summed E-state index contributed by atoms with van der Waals surface area (Å²) in [5, 5.41) is 3.13. The average molecular weight is 286 g/mol. The number of carbonyl (C=O) groups is 1. The second-order valence-electron chi connectivity index (χ2n) is 3.59. The predicted molar refractivity (Wildman–Crippen MR) is 53.5 cm³/mol. The highest BCUT2D eigenvalue weighted by molar-refractivity contribution is 5.70. The van der Waals surface area contributed by atoms with E-state index in [1.54, 1.807) is 0 Å². The molecule has 0 aromatic carbocycles. The third kappa shape index (κ3) is 4.18. The maximum absolute atomic E-state index is 12.8. The summed E-state index contributed by atoms with van der Waals surface area (Å²) >= 11 is 0. The van der Waals surface area contributed by atoms with E-state index < -0.39 is 36.7 Å². The van der Waals surface area contributed by atoms with Gasteiger partial charge in [-0.1, -0.05) is 0 Å². The topological polar surface area (TPSA) is 44.1 Å². The van der Waals surface area contributed by atoms with Crippen LogP contribution in [0.2, 0.25) is 0 Å². The number of ether oxygens (including phenoxy) is 1. The van der Waals surface area contributed by atoms with Crippen molar-refractivity contribution in [3.05, 3.63) is 18.0 Å². The Morgan fingerprint density at radius 3 is 2.53 bits per heavy atom. The lowest BCUT2D eigenvalue weighted by molar-refractivity contribution is -0.181. The minimum atomic E-state index is -4.79. The van der Waals surface area contributed by atoms with Gasteiger partial charge < -0.3 is 4.74 Å². The summed E-state index contributed by atoms with van der Waals surface area (Å²) in [6, 6.07) is -1.55. The fourth-order valence-electron chi connectivity index (χ4n) is 1.38. The number of rotatable bonds is 5. The lowest BCUT2D eigenvalue weighted by Crippen LogP contribution is -2.30. The number of alkyl halides is 5. The molecule has 1 atom stereocenters. The van der Waals surface area contributed by atoms with Crippen molar-refractivity contribution >= 4 is 5.97 Å². The SMILES string of the molecule is CCOC(=O)CC(n1ccc(C(F)F)n1)C(F)(F)F. The van der Waals surface area contributed by atoms with Crippen LogP contribution in [0, 0.1) is 0 Å². The van der Waals surface area contributed by atoms with Gasteiger partial charge in [0.05, 0.1) is 13.0 Å². The number of hydrogen-bond donors (Lipinski definition) is 0. The Balaban J connectivity index is 2.93. The Kier molecular flexibility index (Phi) is 4.84. The van der Waals surface area contributed by atoms with Gasteiger partial charge in [-0.15, -0.1) is 0 Å². The van der Waals surface area contributed by atoms with E-state index in [4.69, 9.17) is 0 Å². The first-order valence-electron chi connectivity index (χ1n) is 5.31. The molecule has 4 nitrogen and oxygen atoms in total. The molecule has 19 heavy (non-hydrogen) atoms. The molecule has 1 rings (SSSR count). The quantitative estimate of drug-likeness (QED) is 0.617. The molecule has 0 spiro atoms. The van der Waals surface area contributed by atoms with E-state index in [1.807, 2.05) is 0 Å². The molecule has 0 amide bonds. The number of halogens is 5. The first-order chi connectivity index (χ1) is 8.75. The summed E-state index contributed by atoms with van der Waals surface area (Å²) in [6.07, 6.45) is -8.02. The molecule has 0 aliphatic carbocycles. The molecular formula is C10H11F5N2O2. The van der Waals surface area contributed by atoms with E-state index in [9.17, 15) is 26.7 Å². The van der Waals surface area contributed by atoms with Crippen LogP contribution in [0.4, 0.5) is 22.0 Å². The van der Waals surface area contributed by atoms with Crippen LogP contribution in [-0.4, -0.2) is 28.5 Å². The molecule has 108 valence electrons. The van der Waals surface area contributed by atoms with Crippen molar-refractivity contribution in [2.24, 2.45) is 0 Å². The lowest BCUT2D eigenvalue weighted by Gasteiger charge is -2.19. The molecular weight excluding hydrogens is 275 g/mol. The monoisotopic (exact) mass is 286 g/mol. The number of aromatic nitrogens is 2. The molecule has 1 aromatic rings. The first-order valence-corrected chi connectivity index (χ1v) is 5.31. The van der Waals surface area contributed by atoms with Crippen LogP contribution in [0.1, 0.15) is 31.5 Å². The van der Waals surface area contributed by atoms with Crippen molar-refractivity contribution < 1.29 is 31.5 Å². The molecule has 0 radical (unpaired) electrons. The normalized spacial score (nSPS) is 13.6. The van der Waals surface area contributed by atoms with Crippen molar-refractivity contribution in [2.45, 2.75) is 32.0 Å². The average Bonchev–Trinajstić information content (AvgIpc) is 2.73. The number of nitrogens with zero attached hydrogens (tertiary/aromatic N) is 2. The molecule has 0 aliphatic heterocycles. The second-order valence-corrected chi connectivity index (χ2v) is 3.59. The first kappa shape index (κ1) is 15.4. The molecule has 1 heterocycles. The van der Waals surface area contributed by atoms with Crippen molar-refractivity contribution in [1.82, 2.24) is 9.78 Å². The molecule has 0 fully saturated rings. The van der Waals surface area contributed by atoms with Crippen molar-refractivity contribution in [2.75, 3.05) is 6.61 Å². The Hall–Kier alpha value is -1.67. The Morgan fingerprint density at radius 1 is 1.47 bits per heavy atom. The zero-order chi connectivity index (χ0) is 14.6. The maximum atomic E-state index is 12.8. The van der Waals surface area contributed by atoms with Crippen molar-refractivity contribution in [3.8, 4) is 0 Å². The van der Waals surface area contributed by atoms with Crippen molar-refractivity contribution in [1.29, 1.82) is 0 Å². The van der Waals surface area contributed by atoms with Crippen LogP contribution in [0.15, 0.2) is 12.3 Å². The lowest BCUT2D eigenvalue weighted by atomic mass is 10.2. The highest BCUT2D eigenvalue weighted by Crippen LogP contribution is 2.33. The van der Waals surface area contributed by atoms with Gasteiger partial charge in [0.1, 0.15) is 5.69 Å². The number of carbonyl (C=O) groups excluding carboxylic acids is 1. The van der Waals surface area contributed by atoms with Gasteiger partial charge in [0.25, 0.3) is 6.43 Å². The molecule has 0 N–H and O–H groups in total. The summed E-state index contributed by atoms with van der Waals surface area (Å²) in [4.78, 5) is 11.1. The summed E-state index contributed by atoms with van der Waals surface area (Å²) < 4.78 is 67.6. The second kappa shape index (κ2) is 5.98. The maximum Gasteiger partial charge on any atom is 0.411 e. The molecule has 0 saturated carbocycles. The molecule has 9 heteroatoms. The van der Waals surface area contributed by atoms with Gasteiger partial charge in [-0.2, -0.15) is 18.3 Å². The van der Waals surface area contributed by atoms with Gasteiger partial charge in [0.15, 0.2) is 6.04 Å². The highest BCUT2D eigenvalue weighted by Gasteiger charge is 2.43. The largest absolute Gasteiger partial charge is 0.466 e. The fraction of sp³-hybridized carbons (Fsp3) is 0.600. The van der Waals surface area contributed by atoms with E-state index in [-0.39, 0.29) is 6.61 Å². The van der Waals surface area contributed by atoms with Crippen LogP contribution in [0.25, 0.3) is 0 Å². The highest BCUT2D eigenvalue weighted by atomic mass is 19.4. The summed E-state index contributed by atoms with van der Waals surface area (Å²) in [5.41, 5.74) is -0.780. The minimum Gasteiger partial charge on any atom is -0.466 e. The van der Waals surface area contributed by atoms with E-state index >= 15 is 0 Å². The molecule has 0 aliphatic rings. The molecule has 1 aromatic heterocycles. The van der Waals surface area contributed by atoms with E-state index in [2.05, 4.69) is 9.84 Å². The number of hydrogen-bond acceptors (Lipinski definition) is 3. The number of esters is 1. The fourth-order valence-corrected chi connectivity index (χ4v) is 1.38. The van der Waals surface area contributed by atoms with Gasteiger partial charge in [-0.25, -0.2) is 8.78 Å². The van der Waals surface area contributed by atoms with Gasteiger partial charge >= 0.3 is 12.1 Å². The van der Waals surface area contributed by atoms with E-state index in [0.29, 0.717) is 4.68 Å². The third-order valence-electron chi connectivity index (χ3n) is 2.22. The predicted octanol–water partition coefficient (Wildman–Crippen LogP) is 2.88. The van der Waals surface area contributed by atoms with Crippen LogP contribution in [0.5, 0.6) is 0 Å². The third-order valence-corrected chi connectivity index (χ3v) is 2.22. The molecule has 1 unspecified atom stereocenters. The van der Waals surface area contributed by atoms with Crippen LogP contribution in [0.3, 0.4) is 0 Å². The van der Waals surface area contributed by atoms with Crippen LogP contribution in [-0.2, 0) is 9.53 Å². The van der Waals surface area contributed by atoms with Crippen LogP contribution < -0.4 is 0 Å². The van der Waals surface area contributed by atoms with Crippen LogP contribution >= 0.6 is 0 Å². The zero-order valence-electron chi connectivity index (χ0n) is 9.82. The van der Waals surface area contributed by atoms with Gasteiger partial charge in [-0.3, -0.25) is 9.48 Å². The summed E-state index contributed by atoms with van der Waals surface area (Å²) in [6.45, 7) is 1.38. The zero-order valence-corrected chi connectivity index (χ0v) is 9.82. The molecule has 0 bridgehead atoms. The summed E-state index contributed by atoms with van der Waals surface area (Å²) in [7, 11) is 0. The van der Waals surface area contributed by atoms with Gasteiger partial charge in [0, 0.05) is 6.20 Å². The Bertz CT molecular complexity index is 430. The Labute approximate surface area is 105 Å². The molecule has 0 saturated heterocycles. The minimum absolute atomic E-state index is 0.0647. The van der Waals surface area contributed by atoms with E-state index in [1.165, 1.54) is 6.92 Å². The van der Waals surface area contributed by atoms with Crippen molar-refractivity contribution in [3.63, 3.8) is 0 Å². The van der Waals surface area contributed by atoms with Gasteiger partial charge in [-0.05, 0) is 13.0 Å². The van der Waals surface area contributed by atoms with Gasteiger partial charge in [0.2, 0.25) is 0 Å². The smallest absolute Gasteiger partial charge is 0.411 e. The summed E-state index contributed by atoms with van der Waals surface area (Å²) in [5.74, 6) is -1.07.